The number of carbonyl (C=O) groups excluding carboxylic acids is 1. The van der Waals surface area contributed by atoms with Crippen molar-refractivity contribution in [1.82, 2.24) is 20.7 Å². The van der Waals surface area contributed by atoms with Crippen LogP contribution in [0, 0.1) is 5.92 Å². The van der Waals surface area contributed by atoms with Crippen LogP contribution in [-0.4, -0.2) is 21.3 Å². The highest BCUT2D eigenvalue weighted by Crippen LogP contribution is 2.25. The number of carbonyl (C=O) groups is 1. The summed E-state index contributed by atoms with van der Waals surface area (Å²) in [5, 5.41) is 15.8. The molecule has 0 saturated carbocycles. The van der Waals surface area contributed by atoms with Crippen LogP contribution >= 0.6 is 11.3 Å². The number of amides is 1. The molecular formula is C16H18N4OS. The first-order valence-electron chi connectivity index (χ1n) is 7.28. The third-order valence-electron chi connectivity index (χ3n) is 3.48. The number of aromatic amines is 1. The van der Waals surface area contributed by atoms with Crippen LogP contribution in [0.1, 0.15) is 41.5 Å². The number of aromatic nitrogens is 3. The number of hydrogen-bond donors (Lipinski definition) is 2. The second kappa shape index (κ2) is 6.27. The van der Waals surface area contributed by atoms with E-state index in [1.807, 2.05) is 11.4 Å². The summed E-state index contributed by atoms with van der Waals surface area (Å²) in [5.41, 5.74) is 2.06. The molecule has 114 valence electrons. The van der Waals surface area contributed by atoms with Crippen LogP contribution in [0.4, 0.5) is 0 Å². The maximum absolute atomic E-state index is 12.5. The molecule has 0 radical (unpaired) electrons. The average molecular weight is 314 g/mol. The lowest BCUT2D eigenvalue weighted by atomic mass is 10.0. The summed E-state index contributed by atoms with van der Waals surface area (Å²) in [6, 6.07) is 9.46. The van der Waals surface area contributed by atoms with Crippen molar-refractivity contribution < 1.29 is 4.79 Å². The molecular weight excluding hydrogens is 296 g/mol. The second-order valence-corrected chi connectivity index (χ2v) is 6.68. The largest absolute Gasteiger partial charge is 0.344 e. The highest BCUT2D eigenvalue weighted by molar-refractivity contribution is 7.10. The Morgan fingerprint density at radius 3 is 2.82 bits per heavy atom. The van der Waals surface area contributed by atoms with Gasteiger partial charge in [-0.2, -0.15) is 15.4 Å². The molecule has 2 N–H and O–H groups in total. The van der Waals surface area contributed by atoms with Gasteiger partial charge in [0.05, 0.1) is 6.04 Å². The van der Waals surface area contributed by atoms with Crippen molar-refractivity contribution in [2.45, 2.75) is 26.3 Å². The number of benzene rings is 1. The molecule has 0 aliphatic rings. The van der Waals surface area contributed by atoms with Gasteiger partial charge < -0.3 is 5.32 Å². The molecule has 0 aliphatic heterocycles. The maximum Gasteiger partial charge on any atom is 0.251 e. The topological polar surface area (TPSA) is 70.7 Å². The molecule has 5 nitrogen and oxygen atoms in total. The fraction of sp³-hybridized carbons (Fsp3) is 0.312. The van der Waals surface area contributed by atoms with Crippen molar-refractivity contribution in [3.8, 4) is 0 Å². The molecule has 0 spiro atoms. The molecule has 1 amide bonds. The van der Waals surface area contributed by atoms with E-state index >= 15 is 0 Å². The first-order chi connectivity index (χ1) is 10.6. The highest BCUT2D eigenvalue weighted by atomic mass is 32.1. The summed E-state index contributed by atoms with van der Waals surface area (Å²) in [4.78, 5) is 13.7. The summed E-state index contributed by atoms with van der Waals surface area (Å²) >= 11 is 1.67. The Morgan fingerprint density at radius 1 is 1.27 bits per heavy atom. The van der Waals surface area contributed by atoms with Crippen LogP contribution in [-0.2, 0) is 0 Å². The average Bonchev–Trinajstić information content (AvgIpc) is 3.16. The van der Waals surface area contributed by atoms with Gasteiger partial charge >= 0.3 is 0 Å². The zero-order valence-electron chi connectivity index (χ0n) is 12.5. The van der Waals surface area contributed by atoms with Crippen LogP contribution in [0.3, 0.4) is 0 Å². The van der Waals surface area contributed by atoms with Gasteiger partial charge in [-0.1, -0.05) is 19.9 Å². The summed E-state index contributed by atoms with van der Waals surface area (Å²) in [7, 11) is 0. The molecule has 0 fully saturated rings. The number of H-pyrrole nitrogens is 1. The number of nitrogens with zero attached hydrogens (tertiary/aromatic N) is 2. The smallest absolute Gasteiger partial charge is 0.251 e. The molecule has 0 saturated heterocycles. The van der Waals surface area contributed by atoms with Crippen molar-refractivity contribution in [3.63, 3.8) is 0 Å². The van der Waals surface area contributed by atoms with Crippen LogP contribution in [0.2, 0.25) is 0 Å². The van der Waals surface area contributed by atoms with E-state index in [2.05, 4.69) is 40.6 Å². The Labute approximate surface area is 132 Å². The molecule has 3 rings (SSSR count). The lowest BCUT2D eigenvalue weighted by Gasteiger charge is -2.19. The zero-order chi connectivity index (χ0) is 15.5. The molecule has 0 unspecified atom stereocenters. The summed E-state index contributed by atoms with van der Waals surface area (Å²) in [6.07, 6.45) is 0.915. The normalized spacial score (nSPS) is 12.7. The van der Waals surface area contributed by atoms with E-state index in [0.29, 0.717) is 17.0 Å². The van der Waals surface area contributed by atoms with E-state index in [0.717, 1.165) is 11.9 Å². The molecule has 22 heavy (non-hydrogen) atoms. The van der Waals surface area contributed by atoms with E-state index in [1.54, 1.807) is 29.5 Å². The molecule has 0 aliphatic carbocycles. The Kier molecular flexibility index (Phi) is 4.20. The maximum atomic E-state index is 12.5. The van der Waals surface area contributed by atoms with Gasteiger partial charge in [-0.05, 0) is 42.0 Å². The van der Waals surface area contributed by atoms with Gasteiger partial charge in [0.1, 0.15) is 11.0 Å². The van der Waals surface area contributed by atoms with E-state index < -0.39 is 0 Å². The summed E-state index contributed by atoms with van der Waals surface area (Å²) < 4.78 is 0. The number of hydrogen-bond acceptors (Lipinski definition) is 4. The van der Waals surface area contributed by atoms with Crippen LogP contribution in [0.15, 0.2) is 35.7 Å². The van der Waals surface area contributed by atoms with Gasteiger partial charge in [-0.15, -0.1) is 11.3 Å². The quantitative estimate of drug-likeness (QED) is 0.756. The molecule has 0 bridgehead atoms. The first kappa shape index (κ1) is 14.7. The van der Waals surface area contributed by atoms with Crippen molar-refractivity contribution in [1.29, 1.82) is 0 Å². The number of rotatable bonds is 5. The van der Waals surface area contributed by atoms with Gasteiger partial charge in [-0.25, -0.2) is 0 Å². The summed E-state index contributed by atoms with van der Waals surface area (Å²) in [6.45, 7) is 4.32. The Balaban J connectivity index is 1.80. The van der Waals surface area contributed by atoms with Crippen LogP contribution < -0.4 is 5.32 Å². The monoisotopic (exact) mass is 314 g/mol. The predicted molar refractivity (Wildman–Crippen MR) is 87.9 cm³/mol. The summed E-state index contributed by atoms with van der Waals surface area (Å²) in [5.74, 6) is 0.425. The first-order valence-corrected chi connectivity index (χ1v) is 8.16. The standard InChI is InChI=1S/C16H18N4OS/c1-10(2)8-14(15-4-3-7-22-15)17-16(21)11-5-6-12-13(9-11)19-20-18-12/h3-7,9-10,14H,8H2,1-2H3,(H,17,21)(H,18,19,20)/t14-/m0/s1. The van der Waals surface area contributed by atoms with Gasteiger partial charge in [0.25, 0.3) is 5.91 Å². The minimum Gasteiger partial charge on any atom is -0.344 e. The van der Waals surface area contributed by atoms with Crippen LogP contribution in [0.25, 0.3) is 11.0 Å². The SMILES string of the molecule is CC(C)C[C@H](NC(=O)c1ccc2n[nH]nc2c1)c1cccs1. The predicted octanol–water partition coefficient (Wildman–Crippen LogP) is 3.54. The minimum absolute atomic E-state index is 0.0421. The molecule has 2 heterocycles. The minimum atomic E-state index is -0.0797. The van der Waals surface area contributed by atoms with Crippen LogP contribution in [0.5, 0.6) is 0 Å². The van der Waals surface area contributed by atoms with Gasteiger partial charge in [-0.3, -0.25) is 4.79 Å². The number of thiophene rings is 1. The third-order valence-corrected chi connectivity index (χ3v) is 4.46. The van der Waals surface area contributed by atoms with E-state index in [-0.39, 0.29) is 11.9 Å². The Bertz CT molecular complexity index is 763. The molecule has 6 heteroatoms. The highest BCUT2D eigenvalue weighted by Gasteiger charge is 2.18. The fourth-order valence-electron chi connectivity index (χ4n) is 2.43. The molecule has 2 aromatic heterocycles. The number of fused-ring (bicyclic) bond motifs is 1. The van der Waals surface area contributed by atoms with Crippen molar-refractivity contribution in [3.05, 3.63) is 46.2 Å². The van der Waals surface area contributed by atoms with Crippen molar-refractivity contribution >= 4 is 28.3 Å². The lowest BCUT2D eigenvalue weighted by molar-refractivity contribution is 0.0933. The molecule has 3 aromatic rings. The van der Waals surface area contributed by atoms with Gasteiger partial charge in [0, 0.05) is 10.4 Å². The second-order valence-electron chi connectivity index (χ2n) is 5.70. The van der Waals surface area contributed by atoms with E-state index in [9.17, 15) is 4.79 Å². The van der Waals surface area contributed by atoms with E-state index in [1.165, 1.54) is 4.88 Å². The van der Waals surface area contributed by atoms with Gasteiger partial charge in [0.15, 0.2) is 0 Å². The molecule has 1 atom stereocenters. The molecule has 1 aromatic carbocycles. The lowest BCUT2D eigenvalue weighted by Crippen LogP contribution is -2.29. The number of nitrogens with one attached hydrogen (secondary N) is 2. The van der Waals surface area contributed by atoms with Gasteiger partial charge in [0.2, 0.25) is 0 Å². The Morgan fingerprint density at radius 2 is 2.09 bits per heavy atom. The Hall–Kier alpha value is -2.21. The fourth-order valence-corrected chi connectivity index (χ4v) is 3.22. The zero-order valence-corrected chi connectivity index (χ0v) is 13.4. The third kappa shape index (κ3) is 3.17. The van der Waals surface area contributed by atoms with E-state index in [4.69, 9.17) is 0 Å². The van der Waals surface area contributed by atoms with Crippen molar-refractivity contribution in [2.75, 3.05) is 0 Å². The van der Waals surface area contributed by atoms with Crippen molar-refractivity contribution in [2.24, 2.45) is 5.92 Å².